The minimum Gasteiger partial charge on any atom is -0.497 e. The minimum absolute atomic E-state index is 0.00997. The molecule has 0 saturated heterocycles. The van der Waals surface area contributed by atoms with Crippen LogP contribution in [0.1, 0.15) is 75.2 Å². The molecule has 1 aliphatic carbocycles. The summed E-state index contributed by atoms with van der Waals surface area (Å²) in [5.41, 5.74) is 1.10. The Hall–Kier alpha value is -3.48. The van der Waals surface area contributed by atoms with Crippen LogP contribution in [0.15, 0.2) is 54.6 Å². The third-order valence-electron chi connectivity index (χ3n) is 7.18. The lowest BCUT2D eigenvalue weighted by Crippen LogP contribution is -2.15. The fourth-order valence-corrected chi connectivity index (χ4v) is 4.86. The van der Waals surface area contributed by atoms with Crippen LogP contribution in [-0.4, -0.2) is 18.2 Å². The summed E-state index contributed by atoms with van der Waals surface area (Å²) in [5.74, 6) is -1.57. The molecule has 0 aromatic heterocycles. The molecule has 0 heterocycles. The SMILES string of the molecule is COc1ccc(F)c(-c2ccc(COc3cccc([C@@H](CC(=O)O)CC4CC4)c3F)cc2[C@H](F)C(C)(C)C)c1. The standard InChI is InChI=1S/C32H35F3O4/c1-32(2,3)31(35)26-15-20(10-12-24(26)25-17-22(38-4)11-13-27(25)33)18-39-28-7-5-6-23(30(28)34)21(16-29(36)37)14-19-8-9-19/h5-7,10-13,15,17,19,21,31H,8-9,14,16,18H2,1-4H3,(H,36,37)/t21-,31+/m1/s1. The van der Waals surface area contributed by atoms with Gasteiger partial charge in [-0.2, -0.15) is 0 Å². The molecule has 1 N–H and O–H groups in total. The molecule has 0 amide bonds. The maximum atomic E-state index is 15.8. The number of methoxy groups -OCH3 is 1. The van der Waals surface area contributed by atoms with Crippen LogP contribution in [0.3, 0.4) is 0 Å². The molecule has 39 heavy (non-hydrogen) atoms. The summed E-state index contributed by atoms with van der Waals surface area (Å²) in [6.07, 6.45) is 1.14. The Morgan fingerprint density at radius 3 is 2.41 bits per heavy atom. The lowest BCUT2D eigenvalue weighted by Gasteiger charge is -2.27. The fraction of sp³-hybridized carbons (Fsp3) is 0.406. The van der Waals surface area contributed by atoms with Crippen LogP contribution >= 0.6 is 0 Å². The molecule has 1 fully saturated rings. The largest absolute Gasteiger partial charge is 0.497 e. The van der Waals surface area contributed by atoms with Crippen LogP contribution in [0.2, 0.25) is 0 Å². The van der Waals surface area contributed by atoms with Gasteiger partial charge in [-0.25, -0.2) is 13.2 Å². The summed E-state index contributed by atoms with van der Waals surface area (Å²) in [6.45, 7) is 5.26. The summed E-state index contributed by atoms with van der Waals surface area (Å²) in [4.78, 5) is 11.4. The first-order valence-electron chi connectivity index (χ1n) is 13.2. The van der Waals surface area contributed by atoms with Crippen molar-refractivity contribution in [3.05, 3.63) is 82.9 Å². The Bertz CT molecular complexity index is 1330. The highest BCUT2D eigenvalue weighted by molar-refractivity contribution is 5.71. The molecular weight excluding hydrogens is 505 g/mol. The third-order valence-corrected chi connectivity index (χ3v) is 7.18. The quantitative estimate of drug-likeness (QED) is 0.264. The molecule has 0 aliphatic heterocycles. The Morgan fingerprint density at radius 2 is 1.77 bits per heavy atom. The van der Waals surface area contributed by atoms with Gasteiger partial charge in [0.25, 0.3) is 0 Å². The zero-order valence-corrected chi connectivity index (χ0v) is 22.8. The number of alkyl halides is 1. The number of carbonyl (C=O) groups is 1. The summed E-state index contributed by atoms with van der Waals surface area (Å²) in [6, 6.07) is 14.1. The first-order chi connectivity index (χ1) is 18.5. The molecule has 0 radical (unpaired) electrons. The van der Waals surface area contributed by atoms with Crippen molar-refractivity contribution < 1.29 is 32.5 Å². The van der Waals surface area contributed by atoms with Crippen LogP contribution in [0.25, 0.3) is 11.1 Å². The molecule has 1 saturated carbocycles. The van der Waals surface area contributed by atoms with Gasteiger partial charge < -0.3 is 14.6 Å². The zero-order valence-electron chi connectivity index (χ0n) is 22.8. The zero-order chi connectivity index (χ0) is 28.3. The number of rotatable bonds is 11. The first kappa shape index (κ1) is 28.5. The van der Waals surface area contributed by atoms with Gasteiger partial charge in [-0.3, -0.25) is 4.79 Å². The highest BCUT2D eigenvalue weighted by atomic mass is 19.1. The monoisotopic (exact) mass is 540 g/mol. The number of carboxylic acids is 1. The molecule has 0 bridgehead atoms. The molecule has 4 nitrogen and oxygen atoms in total. The second-order valence-electron chi connectivity index (χ2n) is 11.4. The maximum absolute atomic E-state index is 15.8. The molecule has 208 valence electrons. The topological polar surface area (TPSA) is 55.8 Å². The second-order valence-corrected chi connectivity index (χ2v) is 11.4. The van der Waals surface area contributed by atoms with Crippen LogP contribution in [0.5, 0.6) is 11.5 Å². The molecule has 3 aromatic rings. The van der Waals surface area contributed by atoms with E-state index in [2.05, 4.69) is 0 Å². The van der Waals surface area contributed by atoms with Gasteiger partial charge in [0, 0.05) is 5.56 Å². The van der Waals surface area contributed by atoms with E-state index >= 15 is 8.78 Å². The van der Waals surface area contributed by atoms with Crippen LogP contribution in [-0.2, 0) is 11.4 Å². The van der Waals surface area contributed by atoms with Crippen LogP contribution < -0.4 is 9.47 Å². The van der Waals surface area contributed by atoms with Gasteiger partial charge in [-0.05, 0) is 76.3 Å². The molecule has 0 spiro atoms. The summed E-state index contributed by atoms with van der Waals surface area (Å²) < 4.78 is 57.1. The Labute approximate surface area is 227 Å². The van der Waals surface area contributed by atoms with E-state index in [4.69, 9.17) is 9.47 Å². The van der Waals surface area contributed by atoms with Crippen molar-refractivity contribution in [2.75, 3.05) is 7.11 Å². The van der Waals surface area contributed by atoms with Gasteiger partial charge in [0.05, 0.1) is 13.5 Å². The molecule has 4 rings (SSSR count). The van der Waals surface area contributed by atoms with Crippen LogP contribution in [0, 0.1) is 23.0 Å². The van der Waals surface area contributed by atoms with E-state index in [1.54, 1.807) is 51.1 Å². The molecule has 3 aromatic carbocycles. The molecule has 1 aliphatic rings. The maximum Gasteiger partial charge on any atom is 0.303 e. The molecule has 2 atom stereocenters. The van der Waals surface area contributed by atoms with Crippen molar-refractivity contribution in [1.29, 1.82) is 0 Å². The van der Waals surface area contributed by atoms with Gasteiger partial charge in [-0.1, -0.05) is 57.9 Å². The number of benzene rings is 3. The minimum atomic E-state index is -1.42. The van der Waals surface area contributed by atoms with Crippen molar-refractivity contribution >= 4 is 5.97 Å². The van der Waals surface area contributed by atoms with Crippen LogP contribution in [0.4, 0.5) is 13.2 Å². The number of halogens is 3. The lowest BCUT2D eigenvalue weighted by atomic mass is 9.82. The number of ether oxygens (including phenoxy) is 2. The second kappa shape index (κ2) is 11.7. The van der Waals surface area contributed by atoms with Gasteiger partial charge in [-0.15, -0.1) is 0 Å². The van der Waals surface area contributed by atoms with Crippen molar-refractivity contribution in [2.24, 2.45) is 11.3 Å². The summed E-state index contributed by atoms with van der Waals surface area (Å²) in [7, 11) is 1.48. The van der Waals surface area contributed by atoms with E-state index in [1.807, 2.05) is 0 Å². The average molecular weight is 541 g/mol. The smallest absolute Gasteiger partial charge is 0.303 e. The first-order valence-corrected chi connectivity index (χ1v) is 13.2. The van der Waals surface area contributed by atoms with E-state index in [0.717, 1.165) is 12.8 Å². The van der Waals surface area contributed by atoms with E-state index < -0.39 is 35.1 Å². The highest BCUT2D eigenvalue weighted by Crippen LogP contribution is 2.43. The van der Waals surface area contributed by atoms with Gasteiger partial charge in [0.15, 0.2) is 11.6 Å². The lowest BCUT2D eigenvalue weighted by molar-refractivity contribution is -0.137. The fourth-order valence-electron chi connectivity index (χ4n) is 4.86. The van der Waals surface area contributed by atoms with E-state index in [1.165, 1.54) is 31.4 Å². The van der Waals surface area contributed by atoms with Gasteiger partial charge in [0.2, 0.25) is 0 Å². The molecule has 7 heteroatoms. The highest BCUT2D eigenvalue weighted by Gasteiger charge is 2.31. The van der Waals surface area contributed by atoms with Crippen molar-refractivity contribution in [1.82, 2.24) is 0 Å². The van der Waals surface area contributed by atoms with E-state index in [-0.39, 0.29) is 24.3 Å². The average Bonchev–Trinajstić information content (AvgIpc) is 3.71. The van der Waals surface area contributed by atoms with E-state index in [9.17, 15) is 14.3 Å². The Balaban J connectivity index is 1.63. The Morgan fingerprint density at radius 1 is 1.03 bits per heavy atom. The van der Waals surface area contributed by atoms with E-state index in [0.29, 0.717) is 40.3 Å². The van der Waals surface area contributed by atoms with Crippen molar-refractivity contribution in [2.45, 2.75) is 65.2 Å². The molecular formula is C32H35F3O4. The van der Waals surface area contributed by atoms with Crippen molar-refractivity contribution in [3.63, 3.8) is 0 Å². The Kier molecular flexibility index (Phi) is 8.57. The third kappa shape index (κ3) is 6.94. The number of carboxylic acid groups (broad SMARTS) is 1. The number of hydrogen-bond acceptors (Lipinski definition) is 3. The predicted molar refractivity (Wildman–Crippen MR) is 145 cm³/mol. The van der Waals surface area contributed by atoms with Gasteiger partial charge >= 0.3 is 5.97 Å². The summed E-state index contributed by atoms with van der Waals surface area (Å²) in [5, 5.41) is 9.36. The molecule has 0 unspecified atom stereocenters. The number of aliphatic carboxylic acids is 1. The van der Waals surface area contributed by atoms with Crippen molar-refractivity contribution in [3.8, 4) is 22.6 Å². The predicted octanol–water partition coefficient (Wildman–Crippen LogP) is 8.63. The normalized spacial score (nSPS) is 15.1. The van der Waals surface area contributed by atoms with Gasteiger partial charge in [0.1, 0.15) is 24.3 Å². The number of hydrogen-bond donors (Lipinski definition) is 1. The summed E-state index contributed by atoms with van der Waals surface area (Å²) >= 11 is 0.